The van der Waals surface area contributed by atoms with Gasteiger partial charge in [-0.15, -0.1) is 0 Å². The van der Waals surface area contributed by atoms with Crippen LogP contribution in [-0.4, -0.2) is 13.1 Å². The Kier molecular flexibility index (Phi) is 5.42. The number of piperidine rings is 1. The first-order chi connectivity index (χ1) is 5.93. The van der Waals surface area contributed by atoms with Crippen LogP contribution in [0.15, 0.2) is 0 Å². The zero-order chi connectivity index (χ0) is 8.65. The van der Waals surface area contributed by atoms with Crippen LogP contribution >= 0.6 is 0 Å². The highest BCUT2D eigenvalue weighted by atomic mass is 14.9. The van der Waals surface area contributed by atoms with Gasteiger partial charge in [-0.05, 0) is 44.7 Å². The van der Waals surface area contributed by atoms with Gasteiger partial charge in [-0.3, -0.25) is 0 Å². The van der Waals surface area contributed by atoms with Crippen molar-refractivity contribution in [1.29, 1.82) is 0 Å². The van der Waals surface area contributed by atoms with Gasteiger partial charge in [-0.25, -0.2) is 0 Å². The second-order valence-corrected chi connectivity index (χ2v) is 3.82. The summed E-state index contributed by atoms with van der Waals surface area (Å²) in [6.45, 7) is 4.73. The Bertz CT molecular complexity index is 95.2. The summed E-state index contributed by atoms with van der Waals surface area (Å²) in [5.74, 6) is 0.920. The molecule has 1 saturated heterocycles. The highest BCUT2D eigenvalue weighted by Crippen LogP contribution is 2.18. The Morgan fingerprint density at radius 3 is 2.67 bits per heavy atom. The molecule has 12 heavy (non-hydrogen) atoms. The Morgan fingerprint density at radius 2 is 2.00 bits per heavy atom. The Morgan fingerprint density at radius 1 is 1.25 bits per heavy atom. The third-order valence-corrected chi connectivity index (χ3v) is 2.69. The molecule has 1 radical (unpaired) electrons. The lowest BCUT2D eigenvalue weighted by atomic mass is 9.92. The van der Waals surface area contributed by atoms with Crippen LogP contribution < -0.4 is 5.32 Å². The van der Waals surface area contributed by atoms with Crippen molar-refractivity contribution >= 4 is 0 Å². The molecule has 0 aromatic heterocycles. The van der Waals surface area contributed by atoms with Crippen LogP contribution in [0.1, 0.15) is 45.4 Å². The predicted molar refractivity (Wildman–Crippen MR) is 54.0 cm³/mol. The SMILES string of the molecule is CCCCC[CH]C1CCNCC1. The smallest absolute Gasteiger partial charge is 0.00462 e. The molecular formula is C11H22N. The monoisotopic (exact) mass is 168 g/mol. The van der Waals surface area contributed by atoms with Crippen molar-refractivity contribution in [3.63, 3.8) is 0 Å². The molecule has 1 heteroatoms. The first-order valence-corrected chi connectivity index (χ1v) is 5.47. The predicted octanol–water partition coefficient (Wildman–Crippen LogP) is 2.77. The molecule has 0 bridgehead atoms. The fraction of sp³-hybridized carbons (Fsp3) is 0.909. The van der Waals surface area contributed by atoms with Gasteiger partial charge in [0.05, 0.1) is 0 Å². The molecule has 1 N–H and O–H groups in total. The molecule has 0 aromatic rings. The molecule has 1 aliphatic heterocycles. The fourth-order valence-electron chi connectivity index (χ4n) is 1.83. The summed E-state index contributed by atoms with van der Waals surface area (Å²) in [7, 11) is 0. The van der Waals surface area contributed by atoms with E-state index >= 15 is 0 Å². The molecule has 0 unspecified atom stereocenters. The summed E-state index contributed by atoms with van der Waals surface area (Å²) >= 11 is 0. The minimum atomic E-state index is 0.920. The van der Waals surface area contributed by atoms with Crippen molar-refractivity contribution in [3.8, 4) is 0 Å². The first-order valence-electron chi connectivity index (χ1n) is 5.47. The summed E-state index contributed by atoms with van der Waals surface area (Å²) in [6, 6.07) is 0. The Balaban J connectivity index is 1.91. The summed E-state index contributed by atoms with van der Waals surface area (Å²) < 4.78 is 0. The van der Waals surface area contributed by atoms with Gasteiger partial charge in [0.2, 0.25) is 0 Å². The van der Waals surface area contributed by atoms with Crippen LogP contribution in [0.2, 0.25) is 0 Å². The fourth-order valence-corrected chi connectivity index (χ4v) is 1.83. The molecule has 1 aliphatic rings. The second kappa shape index (κ2) is 6.47. The maximum Gasteiger partial charge on any atom is -0.00462 e. The van der Waals surface area contributed by atoms with Crippen LogP contribution in [-0.2, 0) is 0 Å². The van der Waals surface area contributed by atoms with Gasteiger partial charge in [-0.2, -0.15) is 0 Å². The number of unbranched alkanes of at least 4 members (excludes halogenated alkanes) is 3. The van der Waals surface area contributed by atoms with Gasteiger partial charge in [0.15, 0.2) is 0 Å². The van der Waals surface area contributed by atoms with Crippen molar-refractivity contribution in [2.75, 3.05) is 13.1 Å². The van der Waals surface area contributed by atoms with E-state index in [1.165, 1.54) is 51.6 Å². The van der Waals surface area contributed by atoms with Gasteiger partial charge in [0, 0.05) is 0 Å². The zero-order valence-electron chi connectivity index (χ0n) is 8.31. The molecule has 0 atom stereocenters. The highest BCUT2D eigenvalue weighted by molar-refractivity contribution is 4.80. The van der Waals surface area contributed by atoms with Crippen molar-refractivity contribution in [2.45, 2.75) is 45.4 Å². The van der Waals surface area contributed by atoms with E-state index in [1.807, 2.05) is 0 Å². The summed E-state index contributed by atoms with van der Waals surface area (Å²) in [5.41, 5.74) is 0. The molecular weight excluding hydrogens is 146 g/mol. The molecule has 1 nitrogen and oxygen atoms in total. The van der Waals surface area contributed by atoms with Crippen molar-refractivity contribution in [2.24, 2.45) is 5.92 Å². The van der Waals surface area contributed by atoms with Crippen molar-refractivity contribution in [3.05, 3.63) is 6.42 Å². The molecule has 1 fully saturated rings. The number of rotatable bonds is 5. The average Bonchev–Trinajstić information content (AvgIpc) is 2.14. The van der Waals surface area contributed by atoms with Gasteiger partial charge in [0.25, 0.3) is 0 Å². The first kappa shape index (κ1) is 10.0. The summed E-state index contributed by atoms with van der Waals surface area (Å²) in [4.78, 5) is 0. The molecule has 0 aromatic carbocycles. The average molecular weight is 168 g/mol. The molecule has 0 amide bonds. The minimum absolute atomic E-state index is 0.920. The lowest BCUT2D eigenvalue weighted by Crippen LogP contribution is -2.27. The standard InChI is InChI=1S/C11H22N/c1-2-3-4-5-6-11-7-9-12-10-8-11/h6,11-12H,2-5,7-10H2,1H3. The van der Waals surface area contributed by atoms with Crippen LogP contribution in [0, 0.1) is 12.3 Å². The van der Waals surface area contributed by atoms with Gasteiger partial charge >= 0.3 is 0 Å². The molecule has 71 valence electrons. The molecule has 0 spiro atoms. The van der Waals surface area contributed by atoms with E-state index in [-0.39, 0.29) is 0 Å². The third-order valence-electron chi connectivity index (χ3n) is 2.69. The van der Waals surface area contributed by atoms with Crippen LogP contribution in [0.25, 0.3) is 0 Å². The minimum Gasteiger partial charge on any atom is -0.317 e. The number of nitrogens with one attached hydrogen (secondary N) is 1. The van der Waals surface area contributed by atoms with E-state index in [2.05, 4.69) is 18.7 Å². The van der Waals surface area contributed by atoms with E-state index in [4.69, 9.17) is 0 Å². The maximum absolute atomic E-state index is 3.40. The lowest BCUT2D eigenvalue weighted by molar-refractivity contribution is 0.403. The Hall–Kier alpha value is -0.0400. The van der Waals surface area contributed by atoms with Crippen LogP contribution in [0.5, 0.6) is 0 Å². The zero-order valence-corrected chi connectivity index (χ0v) is 8.31. The molecule has 0 aliphatic carbocycles. The topological polar surface area (TPSA) is 12.0 Å². The number of hydrogen-bond acceptors (Lipinski definition) is 1. The van der Waals surface area contributed by atoms with Crippen LogP contribution in [0.4, 0.5) is 0 Å². The summed E-state index contributed by atoms with van der Waals surface area (Å²) in [6.07, 6.45) is 10.8. The normalized spacial score (nSPS) is 19.8. The van der Waals surface area contributed by atoms with Crippen molar-refractivity contribution < 1.29 is 0 Å². The molecule has 1 rings (SSSR count). The van der Waals surface area contributed by atoms with E-state index in [0.717, 1.165) is 5.92 Å². The third kappa shape index (κ3) is 4.10. The van der Waals surface area contributed by atoms with E-state index in [1.54, 1.807) is 0 Å². The van der Waals surface area contributed by atoms with Crippen molar-refractivity contribution in [1.82, 2.24) is 5.32 Å². The van der Waals surface area contributed by atoms with E-state index < -0.39 is 0 Å². The lowest BCUT2D eigenvalue weighted by Gasteiger charge is -2.21. The van der Waals surface area contributed by atoms with Gasteiger partial charge < -0.3 is 5.32 Å². The highest BCUT2D eigenvalue weighted by Gasteiger charge is 2.11. The van der Waals surface area contributed by atoms with Crippen LogP contribution in [0.3, 0.4) is 0 Å². The second-order valence-electron chi connectivity index (χ2n) is 3.82. The largest absolute Gasteiger partial charge is 0.317 e. The quantitative estimate of drug-likeness (QED) is 0.622. The van der Waals surface area contributed by atoms with E-state index in [0.29, 0.717) is 0 Å². The van der Waals surface area contributed by atoms with Gasteiger partial charge in [0.1, 0.15) is 0 Å². The van der Waals surface area contributed by atoms with E-state index in [9.17, 15) is 0 Å². The maximum atomic E-state index is 3.40. The van der Waals surface area contributed by atoms with Gasteiger partial charge in [-0.1, -0.05) is 26.2 Å². The number of hydrogen-bond donors (Lipinski definition) is 1. The Labute approximate surface area is 76.9 Å². The summed E-state index contributed by atoms with van der Waals surface area (Å²) in [5, 5.41) is 3.40. The molecule has 1 heterocycles. The molecule has 0 saturated carbocycles.